The van der Waals surface area contributed by atoms with Crippen LogP contribution in [0.4, 0.5) is 0 Å². The second-order valence-corrected chi connectivity index (χ2v) is 6.60. The molecular weight excluding hydrogens is 332 g/mol. The fourth-order valence-electron chi connectivity index (χ4n) is 2.51. The Kier molecular flexibility index (Phi) is 3.32. The van der Waals surface area contributed by atoms with E-state index in [4.69, 9.17) is 16.3 Å². The average molecular weight is 343 g/mol. The molecule has 0 unspecified atom stereocenters. The van der Waals surface area contributed by atoms with E-state index < -0.39 is 0 Å². The van der Waals surface area contributed by atoms with Gasteiger partial charge in [-0.25, -0.2) is 4.98 Å². The minimum Gasteiger partial charge on any atom is -0.416 e. The molecule has 114 valence electrons. The van der Waals surface area contributed by atoms with Crippen LogP contribution >= 0.6 is 22.9 Å². The van der Waals surface area contributed by atoms with Gasteiger partial charge in [-0.1, -0.05) is 29.0 Å². The number of H-pyrrole nitrogens is 1. The zero-order valence-corrected chi connectivity index (χ0v) is 13.7. The molecule has 4 aromatic rings. The number of esters is 1. The molecule has 0 bridgehead atoms. The van der Waals surface area contributed by atoms with E-state index in [2.05, 4.69) is 22.1 Å². The van der Waals surface area contributed by atoms with E-state index in [0.717, 1.165) is 32.4 Å². The van der Waals surface area contributed by atoms with Crippen molar-refractivity contribution >= 4 is 50.0 Å². The van der Waals surface area contributed by atoms with Gasteiger partial charge in [0.25, 0.3) is 0 Å². The van der Waals surface area contributed by atoms with Crippen LogP contribution in [0.3, 0.4) is 0 Å². The van der Waals surface area contributed by atoms with Crippen LogP contribution in [0.15, 0.2) is 42.5 Å². The van der Waals surface area contributed by atoms with E-state index in [1.807, 2.05) is 24.3 Å². The van der Waals surface area contributed by atoms with E-state index >= 15 is 0 Å². The average Bonchev–Trinajstić information content (AvgIpc) is 3.04. The van der Waals surface area contributed by atoms with Crippen LogP contribution in [0, 0.1) is 0 Å². The van der Waals surface area contributed by atoms with Crippen LogP contribution in [0.1, 0.15) is 6.92 Å². The molecule has 0 aliphatic heterocycles. The number of hydrogen-bond donors (Lipinski definition) is 1. The molecule has 0 fully saturated rings. The zero-order chi connectivity index (χ0) is 16.0. The van der Waals surface area contributed by atoms with Crippen LogP contribution < -0.4 is 4.74 Å². The first-order valence-electron chi connectivity index (χ1n) is 6.96. The number of nitrogens with one attached hydrogen (secondary N) is 1. The molecule has 3 heterocycles. The Labute approximate surface area is 140 Å². The number of nitrogens with zero attached hydrogens (tertiary/aromatic N) is 1. The number of halogens is 1. The van der Waals surface area contributed by atoms with Crippen molar-refractivity contribution in [3.8, 4) is 16.3 Å². The van der Waals surface area contributed by atoms with Crippen molar-refractivity contribution in [1.29, 1.82) is 0 Å². The van der Waals surface area contributed by atoms with Gasteiger partial charge in [-0.2, -0.15) is 0 Å². The molecule has 4 nitrogen and oxygen atoms in total. The number of fused-ring (bicyclic) bond motifs is 2. The summed E-state index contributed by atoms with van der Waals surface area (Å²) in [6, 6.07) is 13.7. The van der Waals surface area contributed by atoms with Gasteiger partial charge in [0.15, 0.2) is 5.06 Å². The van der Waals surface area contributed by atoms with Crippen molar-refractivity contribution in [3.05, 3.63) is 47.6 Å². The van der Waals surface area contributed by atoms with Crippen molar-refractivity contribution in [3.63, 3.8) is 0 Å². The van der Waals surface area contributed by atoms with Gasteiger partial charge in [-0.3, -0.25) is 4.79 Å². The lowest BCUT2D eigenvalue weighted by atomic mass is 10.1. The molecule has 23 heavy (non-hydrogen) atoms. The van der Waals surface area contributed by atoms with Crippen molar-refractivity contribution in [2.75, 3.05) is 0 Å². The van der Waals surface area contributed by atoms with Crippen molar-refractivity contribution in [2.45, 2.75) is 6.92 Å². The molecule has 4 rings (SSSR count). The largest absolute Gasteiger partial charge is 0.416 e. The highest BCUT2D eigenvalue weighted by molar-refractivity contribution is 7.20. The van der Waals surface area contributed by atoms with Gasteiger partial charge in [0.05, 0.1) is 15.7 Å². The van der Waals surface area contributed by atoms with Crippen LogP contribution in [0.2, 0.25) is 5.15 Å². The molecule has 0 saturated heterocycles. The molecule has 6 heteroatoms. The summed E-state index contributed by atoms with van der Waals surface area (Å²) < 4.78 is 6.16. The summed E-state index contributed by atoms with van der Waals surface area (Å²) in [5.41, 5.74) is 3.90. The lowest BCUT2D eigenvalue weighted by molar-refractivity contribution is -0.131. The molecule has 0 amide bonds. The molecule has 0 saturated carbocycles. The molecular formula is C17H11ClN2O2S. The Morgan fingerprint density at radius 1 is 1.22 bits per heavy atom. The number of hydrogen-bond acceptors (Lipinski definition) is 4. The molecule has 0 atom stereocenters. The summed E-state index contributed by atoms with van der Waals surface area (Å²) in [4.78, 5) is 18.7. The molecule has 0 spiro atoms. The van der Waals surface area contributed by atoms with E-state index in [-0.39, 0.29) is 5.97 Å². The van der Waals surface area contributed by atoms with Crippen molar-refractivity contribution in [2.24, 2.45) is 0 Å². The third-order valence-corrected chi connectivity index (χ3v) is 4.66. The van der Waals surface area contributed by atoms with Gasteiger partial charge in [0.2, 0.25) is 0 Å². The number of ether oxygens (including phenoxy) is 1. The highest BCUT2D eigenvalue weighted by Crippen LogP contribution is 2.35. The summed E-state index contributed by atoms with van der Waals surface area (Å²) in [7, 11) is 0. The minimum absolute atomic E-state index is 0.310. The molecule has 1 aromatic carbocycles. The molecule has 0 aliphatic carbocycles. The van der Waals surface area contributed by atoms with E-state index in [0.29, 0.717) is 10.2 Å². The lowest BCUT2D eigenvalue weighted by Crippen LogP contribution is -1.98. The smallest absolute Gasteiger partial charge is 0.308 e. The number of benzene rings is 1. The Bertz CT molecular complexity index is 1020. The maximum absolute atomic E-state index is 11.0. The third-order valence-electron chi connectivity index (χ3n) is 3.49. The summed E-state index contributed by atoms with van der Waals surface area (Å²) in [6.07, 6.45) is 0. The predicted molar refractivity (Wildman–Crippen MR) is 93.2 cm³/mol. The number of aromatic nitrogens is 2. The first kappa shape index (κ1) is 14.2. The Hall–Kier alpha value is -2.37. The summed E-state index contributed by atoms with van der Waals surface area (Å²) in [5, 5.41) is 2.12. The maximum Gasteiger partial charge on any atom is 0.308 e. The SMILES string of the molecule is CC(=O)Oc1cc2[nH]c(-c3ccc4nc(Cl)ccc4c3)cc2s1. The number of thiophene rings is 1. The fourth-order valence-corrected chi connectivity index (χ4v) is 3.62. The first-order chi connectivity index (χ1) is 11.1. The normalized spacial score (nSPS) is 11.2. The van der Waals surface area contributed by atoms with Gasteiger partial charge >= 0.3 is 5.97 Å². The summed E-state index contributed by atoms with van der Waals surface area (Å²) in [5.74, 6) is -0.310. The van der Waals surface area contributed by atoms with Crippen molar-refractivity contribution in [1.82, 2.24) is 9.97 Å². The van der Waals surface area contributed by atoms with E-state index in [1.54, 1.807) is 6.07 Å². The number of pyridine rings is 1. The second-order valence-electron chi connectivity index (χ2n) is 5.16. The van der Waals surface area contributed by atoms with Crippen LogP contribution in [0.5, 0.6) is 5.06 Å². The Morgan fingerprint density at radius 2 is 2.09 bits per heavy atom. The van der Waals surface area contributed by atoms with E-state index in [1.165, 1.54) is 18.3 Å². The summed E-state index contributed by atoms with van der Waals surface area (Å²) >= 11 is 7.36. The van der Waals surface area contributed by atoms with E-state index in [9.17, 15) is 4.79 Å². The van der Waals surface area contributed by atoms with Crippen molar-refractivity contribution < 1.29 is 9.53 Å². The number of carbonyl (C=O) groups is 1. The summed E-state index contributed by atoms with van der Waals surface area (Å²) in [6.45, 7) is 1.40. The van der Waals surface area contributed by atoms with Gasteiger partial charge < -0.3 is 9.72 Å². The second kappa shape index (κ2) is 5.37. The quantitative estimate of drug-likeness (QED) is 0.411. The number of aromatic amines is 1. The lowest BCUT2D eigenvalue weighted by Gasteiger charge is -2.02. The molecule has 1 N–H and O–H groups in total. The van der Waals surface area contributed by atoms with Crippen LogP contribution in [-0.2, 0) is 4.79 Å². The van der Waals surface area contributed by atoms with Crippen LogP contribution in [-0.4, -0.2) is 15.9 Å². The Morgan fingerprint density at radius 3 is 2.87 bits per heavy atom. The van der Waals surface area contributed by atoms with Crippen LogP contribution in [0.25, 0.3) is 32.4 Å². The number of rotatable bonds is 2. The standard InChI is InChI=1S/C17H11ClN2O2S/c1-9(21)22-17-8-14-15(23-17)7-13(19-14)11-2-4-12-10(6-11)3-5-16(18)20-12/h2-8,19H,1H3. The molecule has 3 aromatic heterocycles. The van der Waals surface area contributed by atoms with Gasteiger partial charge in [-0.05, 0) is 35.9 Å². The van der Waals surface area contributed by atoms with Gasteiger partial charge in [0.1, 0.15) is 5.15 Å². The first-order valence-corrected chi connectivity index (χ1v) is 8.15. The fraction of sp³-hybridized carbons (Fsp3) is 0.0588. The topological polar surface area (TPSA) is 55.0 Å². The third kappa shape index (κ3) is 2.69. The van der Waals surface area contributed by atoms with Gasteiger partial charge in [0, 0.05) is 24.1 Å². The van der Waals surface area contributed by atoms with Gasteiger partial charge in [-0.15, -0.1) is 0 Å². The molecule has 0 radical (unpaired) electrons. The number of carbonyl (C=O) groups excluding carboxylic acids is 1. The predicted octanol–water partition coefficient (Wildman–Crippen LogP) is 5.02. The molecule has 0 aliphatic rings. The maximum atomic E-state index is 11.0. The monoisotopic (exact) mass is 342 g/mol. The highest BCUT2D eigenvalue weighted by atomic mass is 35.5. The Balaban J connectivity index is 1.74. The highest BCUT2D eigenvalue weighted by Gasteiger charge is 2.10. The minimum atomic E-state index is -0.310. The zero-order valence-electron chi connectivity index (χ0n) is 12.1.